The number of nitrogens with two attached hydrogens (primary N) is 1. The van der Waals surface area contributed by atoms with Gasteiger partial charge in [-0.1, -0.05) is 0 Å². The predicted octanol–water partition coefficient (Wildman–Crippen LogP) is 1.52. The van der Waals surface area contributed by atoms with Crippen LogP contribution in [-0.2, 0) is 4.74 Å². The van der Waals surface area contributed by atoms with Gasteiger partial charge in [0.25, 0.3) is 0 Å². The van der Waals surface area contributed by atoms with Gasteiger partial charge < -0.3 is 15.8 Å². The monoisotopic (exact) mass is 328 g/mol. The molecule has 0 amide bonds. The second-order valence-electron chi connectivity index (χ2n) is 5.48. The molecule has 8 heteroatoms. The molecule has 24 heavy (non-hydrogen) atoms. The second-order valence-corrected chi connectivity index (χ2v) is 5.48. The van der Waals surface area contributed by atoms with Gasteiger partial charge in [-0.05, 0) is 44.5 Å². The van der Waals surface area contributed by atoms with Crippen molar-refractivity contribution in [3.05, 3.63) is 29.6 Å². The number of nitrogens with one attached hydrogen (secondary N) is 1. The minimum atomic E-state index is -0.392. The molecule has 2 heterocycles. The molecule has 3 N–H and O–H groups in total. The molecule has 126 valence electrons. The fourth-order valence-corrected chi connectivity index (χ4v) is 2.62. The number of rotatable bonds is 6. The molecule has 0 aliphatic carbocycles. The maximum atomic E-state index is 11.8. The molecule has 0 spiro atoms. The Labute approximate surface area is 139 Å². The van der Waals surface area contributed by atoms with Crippen LogP contribution in [0.2, 0.25) is 0 Å². The first-order valence-electron chi connectivity index (χ1n) is 7.83. The van der Waals surface area contributed by atoms with Gasteiger partial charge in [-0.2, -0.15) is 0 Å². The van der Waals surface area contributed by atoms with E-state index in [0.29, 0.717) is 29.1 Å². The Balaban J connectivity index is 2.09. The second kappa shape index (κ2) is 6.79. The van der Waals surface area contributed by atoms with Gasteiger partial charge in [0.05, 0.1) is 23.7 Å². The Bertz CT molecular complexity index is 889. The highest BCUT2D eigenvalue weighted by Gasteiger charge is 2.15. The molecule has 0 fully saturated rings. The van der Waals surface area contributed by atoms with Crippen molar-refractivity contribution in [2.45, 2.75) is 19.8 Å². The summed E-state index contributed by atoms with van der Waals surface area (Å²) in [7, 11) is 1.36. The van der Waals surface area contributed by atoms with E-state index in [1.54, 1.807) is 12.1 Å². The number of carbonyl (C=O) groups is 1. The van der Waals surface area contributed by atoms with Gasteiger partial charge in [-0.3, -0.25) is 4.40 Å². The van der Waals surface area contributed by atoms with Crippen molar-refractivity contribution in [1.82, 2.24) is 19.6 Å². The lowest BCUT2D eigenvalue weighted by Crippen LogP contribution is -2.09. The smallest absolute Gasteiger partial charge is 0.337 e. The van der Waals surface area contributed by atoms with Gasteiger partial charge in [0.2, 0.25) is 5.65 Å². The molecule has 8 nitrogen and oxygen atoms in total. The van der Waals surface area contributed by atoms with Gasteiger partial charge in [0, 0.05) is 6.54 Å². The molecule has 0 unspecified atom stereocenters. The van der Waals surface area contributed by atoms with Crippen LogP contribution in [0.5, 0.6) is 0 Å². The lowest BCUT2D eigenvalue weighted by atomic mass is 10.2. The van der Waals surface area contributed by atoms with Crippen LogP contribution < -0.4 is 11.1 Å². The average molecular weight is 328 g/mol. The lowest BCUT2D eigenvalue weighted by molar-refractivity contribution is 0.0601. The summed E-state index contributed by atoms with van der Waals surface area (Å²) in [5, 5.41) is 11.6. The minimum Gasteiger partial charge on any atom is -0.465 e. The number of hydrogen-bond acceptors (Lipinski definition) is 7. The largest absolute Gasteiger partial charge is 0.465 e. The molecular weight excluding hydrogens is 308 g/mol. The third-order valence-corrected chi connectivity index (χ3v) is 3.83. The number of anilines is 1. The number of nitrogens with zero attached hydrogens (tertiary/aromatic N) is 4. The molecule has 0 saturated carbocycles. The number of aryl methyl sites for hydroxylation is 1. The normalized spacial score (nSPS) is 11.1. The van der Waals surface area contributed by atoms with Gasteiger partial charge in [0.1, 0.15) is 5.82 Å². The third-order valence-electron chi connectivity index (χ3n) is 3.83. The number of ether oxygens (including phenoxy) is 1. The van der Waals surface area contributed by atoms with E-state index < -0.39 is 5.97 Å². The van der Waals surface area contributed by atoms with Crippen molar-refractivity contribution < 1.29 is 9.53 Å². The number of methoxy groups -OCH3 is 1. The molecule has 0 atom stereocenters. The van der Waals surface area contributed by atoms with E-state index in [1.165, 1.54) is 7.11 Å². The fraction of sp³-hybridized carbons (Fsp3) is 0.375. The summed E-state index contributed by atoms with van der Waals surface area (Å²) in [4.78, 5) is 16.4. The van der Waals surface area contributed by atoms with E-state index in [4.69, 9.17) is 10.5 Å². The van der Waals surface area contributed by atoms with Crippen LogP contribution in [0.15, 0.2) is 18.2 Å². The number of esters is 1. The van der Waals surface area contributed by atoms with E-state index in [9.17, 15) is 4.79 Å². The zero-order valence-corrected chi connectivity index (χ0v) is 13.7. The maximum Gasteiger partial charge on any atom is 0.337 e. The van der Waals surface area contributed by atoms with Crippen LogP contribution in [0.4, 0.5) is 5.82 Å². The summed E-state index contributed by atoms with van der Waals surface area (Å²) in [6, 6.07) is 5.25. The first-order valence-corrected chi connectivity index (χ1v) is 7.83. The Morgan fingerprint density at radius 1 is 1.33 bits per heavy atom. The van der Waals surface area contributed by atoms with Crippen LogP contribution in [-0.4, -0.2) is 45.8 Å². The van der Waals surface area contributed by atoms with Gasteiger partial charge in [-0.25, -0.2) is 9.78 Å². The highest BCUT2D eigenvalue weighted by atomic mass is 16.5. The molecule has 0 aliphatic rings. The standard InChI is InChI=1S/C16H20N6O2/c1-10-20-21-15-14(18-8-4-3-7-17)19-12-9-11(16(23)24-2)5-6-13(12)22(10)15/h5-6,9H,3-4,7-8,17H2,1-2H3,(H,18,19). The van der Waals surface area contributed by atoms with Gasteiger partial charge in [-0.15, -0.1) is 10.2 Å². The number of unbranched alkanes of at least 4 members (excludes halogenated alkanes) is 1. The molecule has 2 aromatic heterocycles. The summed E-state index contributed by atoms with van der Waals surface area (Å²) >= 11 is 0. The van der Waals surface area contributed by atoms with E-state index >= 15 is 0 Å². The minimum absolute atomic E-state index is 0.392. The molecule has 0 saturated heterocycles. The van der Waals surface area contributed by atoms with Crippen LogP contribution in [0.25, 0.3) is 16.7 Å². The fourth-order valence-electron chi connectivity index (χ4n) is 2.62. The van der Waals surface area contributed by atoms with Crippen LogP contribution in [0.1, 0.15) is 29.0 Å². The van der Waals surface area contributed by atoms with Gasteiger partial charge >= 0.3 is 5.97 Å². The summed E-state index contributed by atoms with van der Waals surface area (Å²) < 4.78 is 6.70. The van der Waals surface area contributed by atoms with E-state index in [-0.39, 0.29) is 0 Å². The predicted molar refractivity (Wildman–Crippen MR) is 91.1 cm³/mol. The summed E-state index contributed by atoms with van der Waals surface area (Å²) in [6.45, 7) is 3.29. The lowest BCUT2D eigenvalue weighted by Gasteiger charge is -2.10. The Morgan fingerprint density at radius 2 is 2.17 bits per heavy atom. The summed E-state index contributed by atoms with van der Waals surface area (Å²) in [6.07, 6.45) is 1.88. The summed E-state index contributed by atoms with van der Waals surface area (Å²) in [5.41, 5.74) is 8.16. The first kappa shape index (κ1) is 16.1. The molecule has 0 aliphatic heterocycles. The number of aromatic nitrogens is 4. The van der Waals surface area contributed by atoms with Gasteiger partial charge in [0.15, 0.2) is 5.82 Å². The van der Waals surface area contributed by atoms with Crippen LogP contribution in [0, 0.1) is 6.92 Å². The van der Waals surface area contributed by atoms with E-state index in [2.05, 4.69) is 20.5 Å². The van der Waals surface area contributed by atoms with E-state index in [0.717, 1.165) is 30.7 Å². The quantitative estimate of drug-likeness (QED) is 0.522. The van der Waals surface area contributed by atoms with Crippen LogP contribution >= 0.6 is 0 Å². The number of fused-ring (bicyclic) bond motifs is 3. The van der Waals surface area contributed by atoms with Crippen molar-refractivity contribution in [3.63, 3.8) is 0 Å². The van der Waals surface area contributed by atoms with Crippen molar-refractivity contribution >= 4 is 28.5 Å². The first-order chi connectivity index (χ1) is 11.7. The topological polar surface area (TPSA) is 107 Å². The van der Waals surface area contributed by atoms with Crippen molar-refractivity contribution in [2.24, 2.45) is 5.73 Å². The van der Waals surface area contributed by atoms with Crippen molar-refractivity contribution in [1.29, 1.82) is 0 Å². The Morgan fingerprint density at radius 3 is 2.92 bits per heavy atom. The molecule has 1 aromatic carbocycles. The molecule has 3 aromatic rings. The number of benzene rings is 1. The zero-order valence-electron chi connectivity index (χ0n) is 13.7. The van der Waals surface area contributed by atoms with Crippen LogP contribution in [0.3, 0.4) is 0 Å². The Hall–Kier alpha value is -2.74. The zero-order chi connectivity index (χ0) is 17.1. The highest BCUT2D eigenvalue weighted by molar-refractivity contribution is 5.94. The SMILES string of the molecule is COC(=O)c1ccc2c(c1)nc(NCCCCN)c1nnc(C)n12. The molecule has 0 bridgehead atoms. The van der Waals surface area contributed by atoms with E-state index in [1.807, 2.05) is 17.4 Å². The Kier molecular flexibility index (Phi) is 4.57. The highest BCUT2D eigenvalue weighted by Crippen LogP contribution is 2.23. The molecule has 0 radical (unpaired) electrons. The van der Waals surface area contributed by atoms with Crippen molar-refractivity contribution in [2.75, 3.05) is 25.5 Å². The third kappa shape index (κ3) is 2.88. The number of carbonyl (C=O) groups excluding carboxylic acids is 1. The molecular formula is C16H20N6O2. The maximum absolute atomic E-state index is 11.8. The summed E-state index contributed by atoms with van der Waals surface area (Å²) in [5.74, 6) is 1.01. The van der Waals surface area contributed by atoms with Crippen molar-refractivity contribution in [3.8, 4) is 0 Å². The molecule has 3 rings (SSSR count). The average Bonchev–Trinajstić information content (AvgIpc) is 2.99. The number of hydrogen-bond donors (Lipinski definition) is 2.